The lowest BCUT2D eigenvalue weighted by molar-refractivity contribution is 0.950. The molecule has 4 heteroatoms. The molecule has 100 valence electrons. The molecule has 0 bridgehead atoms. The normalized spacial score (nSPS) is 10.2. The molecular formula is C15H20N4. The van der Waals surface area contributed by atoms with Gasteiger partial charge in [0.25, 0.3) is 0 Å². The lowest BCUT2D eigenvalue weighted by Gasteiger charge is -2.08. The summed E-state index contributed by atoms with van der Waals surface area (Å²) in [4.78, 5) is 8.59. The monoisotopic (exact) mass is 256 g/mol. The highest BCUT2D eigenvalue weighted by Gasteiger charge is 1.98. The van der Waals surface area contributed by atoms with E-state index in [4.69, 9.17) is 0 Å². The molecule has 19 heavy (non-hydrogen) atoms. The van der Waals surface area contributed by atoms with Gasteiger partial charge in [-0.25, -0.2) is 4.98 Å². The summed E-state index contributed by atoms with van der Waals surface area (Å²) >= 11 is 0. The first-order valence-electron chi connectivity index (χ1n) is 6.64. The van der Waals surface area contributed by atoms with Crippen LogP contribution in [-0.2, 0) is 6.54 Å². The maximum absolute atomic E-state index is 4.41. The van der Waals surface area contributed by atoms with Gasteiger partial charge in [0.15, 0.2) is 0 Å². The molecule has 0 atom stereocenters. The minimum absolute atomic E-state index is 0.677. The predicted octanol–water partition coefficient (Wildman–Crippen LogP) is 3.22. The van der Waals surface area contributed by atoms with Crippen LogP contribution in [0.1, 0.15) is 24.5 Å². The maximum Gasteiger partial charge on any atom is 0.224 e. The average molecular weight is 256 g/mol. The van der Waals surface area contributed by atoms with Gasteiger partial charge in [-0.15, -0.1) is 0 Å². The van der Waals surface area contributed by atoms with Crippen LogP contribution in [-0.4, -0.2) is 16.5 Å². The first kappa shape index (κ1) is 13.3. The SMILES string of the molecule is CCCNc1nccc(NCc2ccc(C)cc2)n1. The second kappa shape index (κ2) is 6.73. The molecule has 2 aromatic rings. The predicted molar refractivity (Wildman–Crippen MR) is 79.3 cm³/mol. The van der Waals surface area contributed by atoms with Gasteiger partial charge < -0.3 is 10.6 Å². The Labute approximate surface area is 114 Å². The maximum atomic E-state index is 4.41. The zero-order valence-corrected chi connectivity index (χ0v) is 11.5. The van der Waals surface area contributed by atoms with E-state index in [9.17, 15) is 0 Å². The van der Waals surface area contributed by atoms with Crippen LogP contribution in [0.3, 0.4) is 0 Å². The molecule has 2 rings (SSSR count). The third-order valence-electron chi connectivity index (χ3n) is 2.78. The number of rotatable bonds is 6. The molecule has 0 unspecified atom stereocenters. The van der Waals surface area contributed by atoms with E-state index in [1.165, 1.54) is 11.1 Å². The van der Waals surface area contributed by atoms with Gasteiger partial charge in [0.2, 0.25) is 5.95 Å². The van der Waals surface area contributed by atoms with Crippen LogP contribution >= 0.6 is 0 Å². The molecule has 1 aromatic heterocycles. The third-order valence-corrected chi connectivity index (χ3v) is 2.78. The van der Waals surface area contributed by atoms with E-state index in [0.29, 0.717) is 5.95 Å². The fourth-order valence-corrected chi connectivity index (χ4v) is 1.68. The van der Waals surface area contributed by atoms with Gasteiger partial charge in [0.1, 0.15) is 5.82 Å². The van der Waals surface area contributed by atoms with E-state index in [1.807, 2.05) is 6.07 Å². The third kappa shape index (κ3) is 4.25. The van der Waals surface area contributed by atoms with Gasteiger partial charge in [-0.05, 0) is 25.0 Å². The minimum atomic E-state index is 0.677. The fourth-order valence-electron chi connectivity index (χ4n) is 1.68. The highest BCUT2D eigenvalue weighted by Crippen LogP contribution is 2.09. The Kier molecular flexibility index (Phi) is 4.72. The zero-order valence-electron chi connectivity index (χ0n) is 11.5. The summed E-state index contributed by atoms with van der Waals surface area (Å²) < 4.78 is 0. The van der Waals surface area contributed by atoms with E-state index >= 15 is 0 Å². The fraction of sp³-hybridized carbons (Fsp3) is 0.333. The summed E-state index contributed by atoms with van der Waals surface area (Å²) in [6, 6.07) is 10.4. The molecule has 1 aromatic carbocycles. The number of hydrogen-bond acceptors (Lipinski definition) is 4. The summed E-state index contributed by atoms with van der Waals surface area (Å²) in [5.74, 6) is 1.52. The van der Waals surface area contributed by atoms with Crippen molar-refractivity contribution < 1.29 is 0 Å². The second-order valence-electron chi connectivity index (χ2n) is 4.53. The Morgan fingerprint density at radius 1 is 1.05 bits per heavy atom. The first-order valence-corrected chi connectivity index (χ1v) is 6.64. The van der Waals surface area contributed by atoms with E-state index < -0.39 is 0 Å². The largest absolute Gasteiger partial charge is 0.366 e. The van der Waals surface area contributed by atoms with E-state index in [0.717, 1.165) is 25.3 Å². The molecule has 0 saturated carbocycles. The quantitative estimate of drug-likeness (QED) is 0.833. The number of aromatic nitrogens is 2. The second-order valence-corrected chi connectivity index (χ2v) is 4.53. The van der Waals surface area contributed by atoms with Crippen LogP contribution in [0.15, 0.2) is 36.5 Å². The summed E-state index contributed by atoms with van der Waals surface area (Å²) in [6.07, 6.45) is 2.83. The highest BCUT2D eigenvalue weighted by molar-refractivity contribution is 5.40. The van der Waals surface area contributed by atoms with E-state index in [1.54, 1.807) is 6.20 Å². The average Bonchev–Trinajstić information content (AvgIpc) is 2.45. The van der Waals surface area contributed by atoms with Crippen molar-refractivity contribution in [3.63, 3.8) is 0 Å². The van der Waals surface area contributed by atoms with Crippen LogP contribution in [0, 0.1) is 6.92 Å². The van der Waals surface area contributed by atoms with Crippen molar-refractivity contribution in [2.24, 2.45) is 0 Å². The molecule has 0 radical (unpaired) electrons. The smallest absolute Gasteiger partial charge is 0.224 e. The Morgan fingerprint density at radius 2 is 1.84 bits per heavy atom. The standard InChI is InChI=1S/C15H20N4/c1-3-9-16-15-17-10-8-14(19-15)18-11-13-6-4-12(2)5-7-13/h4-8,10H,3,9,11H2,1-2H3,(H2,16,17,18,19). The Morgan fingerprint density at radius 3 is 2.58 bits per heavy atom. The Hall–Kier alpha value is -2.10. The van der Waals surface area contributed by atoms with Crippen LogP contribution in [0.2, 0.25) is 0 Å². The highest BCUT2D eigenvalue weighted by atomic mass is 15.1. The molecule has 0 spiro atoms. The number of aryl methyl sites for hydroxylation is 1. The lowest BCUT2D eigenvalue weighted by atomic mass is 10.1. The van der Waals surface area contributed by atoms with Gasteiger partial charge >= 0.3 is 0 Å². The Bertz CT molecular complexity index is 508. The van der Waals surface area contributed by atoms with Gasteiger partial charge in [0.05, 0.1) is 0 Å². The van der Waals surface area contributed by atoms with Crippen molar-refractivity contribution in [1.82, 2.24) is 9.97 Å². The summed E-state index contributed by atoms with van der Waals surface area (Å²) in [7, 11) is 0. The number of nitrogens with zero attached hydrogens (tertiary/aromatic N) is 2. The van der Waals surface area contributed by atoms with E-state index in [-0.39, 0.29) is 0 Å². The summed E-state index contributed by atoms with van der Waals surface area (Å²) in [5.41, 5.74) is 2.52. The van der Waals surface area contributed by atoms with Gasteiger partial charge in [-0.2, -0.15) is 4.98 Å². The molecule has 0 fully saturated rings. The molecule has 0 amide bonds. The van der Waals surface area contributed by atoms with E-state index in [2.05, 4.69) is 58.7 Å². The van der Waals surface area contributed by atoms with Crippen LogP contribution in [0.4, 0.5) is 11.8 Å². The first-order chi connectivity index (χ1) is 9.28. The topological polar surface area (TPSA) is 49.8 Å². The van der Waals surface area contributed by atoms with Crippen LogP contribution < -0.4 is 10.6 Å². The molecule has 2 N–H and O–H groups in total. The summed E-state index contributed by atoms with van der Waals surface area (Å²) in [5, 5.41) is 6.48. The lowest BCUT2D eigenvalue weighted by Crippen LogP contribution is -2.07. The molecule has 0 aliphatic heterocycles. The molecule has 1 heterocycles. The molecule has 0 aliphatic carbocycles. The van der Waals surface area contributed by atoms with Crippen molar-refractivity contribution >= 4 is 11.8 Å². The van der Waals surface area contributed by atoms with Crippen LogP contribution in [0.25, 0.3) is 0 Å². The summed E-state index contributed by atoms with van der Waals surface area (Å²) in [6.45, 7) is 5.87. The number of nitrogens with one attached hydrogen (secondary N) is 2. The van der Waals surface area contributed by atoms with Gasteiger partial charge in [-0.1, -0.05) is 36.8 Å². The van der Waals surface area contributed by atoms with Crippen molar-refractivity contribution in [3.8, 4) is 0 Å². The van der Waals surface area contributed by atoms with Crippen molar-refractivity contribution in [3.05, 3.63) is 47.7 Å². The van der Waals surface area contributed by atoms with Crippen molar-refractivity contribution in [2.75, 3.05) is 17.2 Å². The molecular weight excluding hydrogens is 236 g/mol. The molecule has 4 nitrogen and oxygen atoms in total. The van der Waals surface area contributed by atoms with Crippen molar-refractivity contribution in [2.45, 2.75) is 26.8 Å². The minimum Gasteiger partial charge on any atom is -0.366 e. The zero-order chi connectivity index (χ0) is 13.5. The Balaban J connectivity index is 1.93. The van der Waals surface area contributed by atoms with Crippen molar-refractivity contribution in [1.29, 1.82) is 0 Å². The molecule has 0 aliphatic rings. The van der Waals surface area contributed by atoms with Gasteiger partial charge in [-0.3, -0.25) is 0 Å². The number of benzene rings is 1. The number of anilines is 2. The van der Waals surface area contributed by atoms with Crippen LogP contribution in [0.5, 0.6) is 0 Å². The molecule has 0 saturated heterocycles. The van der Waals surface area contributed by atoms with Gasteiger partial charge in [0, 0.05) is 19.3 Å². The number of hydrogen-bond donors (Lipinski definition) is 2.